The molecule has 1 aliphatic heterocycles. The van der Waals surface area contributed by atoms with Gasteiger partial charge < -0.3 is 4.74 Å². The molecule has 3 aromatic rings. The lowest BCUT2D eigenvalue weighted by Crippen LogP contribution is -2.32. The Hall–Kier alpha value is -3.40. The number of carbonyl (C=O) groups is 2. The maximum atomic E-state index is 12.9. The van der Waals surface area contributed by atoms with Crippen molar-refractivity contribution in [3.05, 3.63) is 84.4 Å². The van der Waals surface area contributed by atoms with Crippen LogP contribution in [-0.4, -0.2) is 11.8 Å². The molecule has 6 rings (SSSR count). The summed E-state index contributed by atoms with van der Waals surface area (Å²) >= 11 is 0. The largest absolute Gasteiger partial charge is 0.489 e. The van der Waals surface area contributed by atoms with Gasteiger partial charge in [-0.2, -0.15) is 0 Å². The van der Waals surface area contributed by atoms with Crippen molar-refractivity contribution < 1.29 is 14.3 Å². The topological polar surface area (TPSA) is 46.6 Å². The van der Waals surface area contributed by atoms with Gasteiger partial charge in [0, 0.05) is 0 Å². The Morgan fingerprint density at radius 1 is 0.800 bits per heavy atom. The van der Waals surface area contributed by atoms with Crippen molar-refractivity contribution in [3.8, 4) is 5.75 Å². The summed E-state index contributed by atoms with van der Waals surface area (Å²) in [6.45, 7) is 0.463. The zero-order valence-corrected chi connectivity index (χ0v) is 16.4. The number of carbonyl (C=O) groups excluding carboxylic acids is 2. The van der Waals surface area contributed by atoms with Crippen molar-refractivity contribution in [2.24, 2.45) is 23.7 Å². The molecule has 4 heteroatoms. The average molecular weight is 395 g/mol. The van der Waals surface area contributed by atoms with E-state index in [2.05, 4.69) is 42.5 Å². The molecule has 3 aliphatic rings. The van der Waals surface area contributed by atoms with Crippen LogP contribution in [0, 0.1) is 23.7 Å². The molecule has 4 nitrogen and oxygen atoms in total. The number of ether oxygens (including phenoxy) is 1. The van der Waals surface area contributed by atoms with Crippen LogP contribution in [0.25, 0.3) is 10.8 Å². The predicted molar refractivity (Wildman–Crippen MR) is 115 cm³/mol. The first kappa shape index (κ1) is 17.5. The van der Waals surface area contributed by atoms with Crippen LogP contribution < -0.4 is 9.64 Å². The number of amides is 2. The van der Waals surface area contributed by atoms with E-state index in [0.717, 1.165) is 12.0 Å². The molecule has 2 aliphatic carbocycles. The number of hydrogen-bond acceptors (Lipinski definition) is 3. The highest BCUT2D eigenvalue weighted by Gasteiger charge is 2.59. The zero-order valence-electron chi connectivity index (χ0n) is 16.4. The minimum Gasteiger partial charge on any atom is -0.489 e. The van der Waals surface area contributed by atoms with Crippen molar-refractivity contribution in [2.45, 2.75) is 13.0 Å². The molecule has 1 saturated heterocycles. The Morgan fingerprint density at radius 2 is 1.47 bits per heavy atom. The number of nitrogens with zero attached hydrogens (tertiary/aromatic N) is 1. The highest BCUT2D eigenvalue weighted by atomic mass is 16.5. The van der Waals surface area contributed by atoms with Crippen LogP contribution in [0.1, 0.15) is 12.0 Å². The molecule has 4 atom stereocenters. The van der Waals surface area contributed by atoms with Crippen LogP contribution >= 0.6 is 0 Å². The number of fused-ring (bicyclic) bond motifs is 6. The Kier molecular flexibility index (Phi) is 3.82. The number of hydrogen-bond donors (Lipinski definition) is 0. The van der Waals surface area contributed by atoms with Crippen LogP contribution in [0.5, 0.6) is 5.75 Å². The lowest BCUT2D eigenvalue weighted by Gasteiger charge is -2.17. The summed E-state index contributed by atoms with van der Waals surface area (Å²) in [7, 11) is 0. The van der Waals surface area contributed by atoms with Crippen LogP contribution in [-0.2, 0) is 16.2 Å². The number of rotatable bonds is 4. The van der Waals surface area contributed by atoms with Gasteiger partial charge in [0.25, 0.3) is 0 Å². The van der Waals surface area contributed by atoms with Crippen LogP contribution in [0.2, 0.25) is 0 Å². The van der Waals surface area contributed by atoms with Crippen molar-refractivity contribution >= 4 is 28.3 Å². The lowest BCUT2D eigenvalue weighted by molar-refractivity contribution is -0.123. The molecule has 0 spiro atoms. The third kappa shape index (κ3) is 2.60. The van der Waals surface area contributed by atoms with E-state index < -0.39 is 0 Å². The van der Waals surface area contributed by atoms with E-state index in [1.165, 1.54) is 15.7 Å². The van der Waals surface area contributed by atoms with Gasteiger partial charge in [-0.25, -0.2) is 0 Å². The SMILES string of the molecule is O=C1[C@@H]2[C@@H](C(=O)N1c1ccc(OCc3ccc4ccccc4c3)cc1)[C@H]1C=C[C@H]2C1. The first-order valence-electron chi connectivity index (χ1n) is 10.5. The summed E-state index contributed by atoms with van der Waals surface area (Å²) in [5.74, 6) is 0.732. The van der Waals surface area contributed by atoms with Gasteiger partial charge in [0.2, 0.25) is 11.8 Å². The summed E-state index contributed by atoms with van der Waals surface area (Å²) in [6.07, 6.45) is 5.18. The van der Waals surface area contributed by atoms with Crippen molar-refractivity contribution in [1.29, 1.82) is 0 Å². The molecule has 3 aromatic carbocycles. The van der Waals surface area contributed by atoms with Gasteiger partial charge in [-0.1, -0.05) is 48.6 Å². The molecule has 0 unspecified atom stereocenters. The Bertz CT molecular complexity index is 1170. The zero-order chi connectivity index (χ0) is 20.2. The van der Waals surface area contributed by atoms with Crippen LogP contribution in [0.4, 0.5) is 5.69 Å². The van der Waals surface area contributed by atoms with Crippen molar-refractivity contribution in [2.75, 3.05) is 4.90 Å². The summed E-state index contributed by atoms with van der Waals surface area (Å²) in [4.78, 5) is 27.2. The van der Waals surface area contributed by atoms with Crippen molar-refractivity contribution in [3.63, 3.8) is 0 Å². The molecule has 2 amide bonds. The Labute approximate surface area is 174 Å². The van der Waals surface area contributed by atoms with E-state index >= 15 is 0 Å². The number of imide groups is 1. The molecule has 30 heavy (non-hydrogen) atoms. The molecule has 1 heterocycles. The Morgan fingerprint density at radius 3 is 2.17 bits per heavy atom. The quantitative estimate of drug-likeness (QED) is 0.474. The maximum Gasteiger partial charge on any atom is 0.238 e. The number of anilines is 1. The molecular weight excluding hydrogens is 374 g/mol. The summed E-state index contributed by atoms with van der Waals surface area (Å²) in [5.41, 5.74) is 1.73. The Balaban J connectivity index is 1.17. The van der Waals surface area contributed by atoms with E-state index in [9.17, 15) is 9.59 Å². The molecular formula is C26H21NO3. The fourth-order valence-corrected chi connectivity index (χ4v) is 5.34. The van der Waals surface area contributed by atoms with Gasteiger partial charge in [0.15, 0.2) is 0 Å². The van der Waals surface area contributed by atoms with Gasteiger partial charge in [0.1, 0.15) is 12.4 Å². The minimum atomic E-state index is -0.170. The second-order valence-corrected chi connectivity index (χ2v) is 8.48. The first-order chi connectivity index (χ1) is 14.7. The van der Waals surface area contributed by atoms with Crippen LogP contribution in [0.15, 0.2) is 78.9 Å². The van der Waals surface area contributed by atoms with E-state index in [-0.39, 0.29) is 35.5 Å². The van der Waals surface area contributed by atoms with Gasteiger partial charge in [-0.3, -0.25) is 14.5 Å². The van der Waals surface area contributed by atoms with Gasteiger partial charge in [-0.05, 0) is 64.9 Å². The molecule has 0 radical (unpaired) electrons. The van der Waals surface area contributed by atoms with E-state index in [1.54, 1.807) is 0 Å². The molecule has 148 valence electrons. The summed E-state index contributed by atoms with van der Waals surface area (Å²) in [6, 6.07) is 21.8. The predicted octanol–water partition coefficient (Wildman–Crippen LogP) is 4.73. The van der Waals surface area contributed by atoms with E-state index in [4.69, 9.17) is 4.74 Å². The summed E-state index contributed by atoms with van der Waals surface area (Å²) < 4.78 is 5.93. The minimum absolute atomic E-state index is 0.0494. The molecule has 1 saturated carbocycles. The van der Waals surface area contributed by atoms with E-state index in [1.807, 2.05) is 36.4 Å². The van der Waals surface area contributed by atoms with Gasteiger partial charge in [0.05, 0.1) is 17.5 Å². The highest BCUT2D eigenvalue weighted by molar-refractivity contribution is 6.22. The number of allylic oxidation sites excluding steroid dienone is 2. The normalized spacial score (nSPS) is 26.6. The molecule has 2 fully saturated rings. The molecule has 2 bridgehead atoms. The first-order valence-corrected chi connectivity index (χ1v) is 10.5. The smallest absolute Gasteiger partial charge is 0.238 e. The lowest BCUT2D eigenvalue weighted by atomic mass is 9.85. The monoisotopic (exact) mass is 395 g/mol. The summed E-state index contributed by atoms with van der Waals surface area (Å²) in [5, 5.41) is 2.40. The molecule has 0 aromatic heterocycles. The third-order valence-corrected chi connectivity index (χ3v) is 6.78. The van der Waals surface area contributed by atoms with Crippen LogP contribution in [0.3, 0.4) is 0 Å². The maximum absolute atomic E-state index is 12.9. The van der Waals surface area contributed by atoms with E-state index in [0.29, 0.717) is 18.0 Å². The average Bonchev–Trinajstić information content (AvgIpc) is 3.46. The third-order valence-electron chi connectivity index (χ3n) is 6.78. The second kappa shape index (κ2) is 6.56. The highest BCUT2D eigenvalue weighted by Crippen LogP contribution is 2.53. The van der Waals surface area contributed by atoms with Crippen molar-refractivity contribution in [1.82, 2.24) is 0 Å². The van der Waals surface area contributed by atoms with Gasteiger partial charge >= 0.3 is 0 Å². The fourth-order valence-electron chi connectivity index (χ4n) is 5.34. The fraction of sp³-hybridized carbons (Fsp3) is 0.231. The van der Waals surface area contributed by atoms with Gasteiger partial charge in [-0.15, -0.1) is 0 Å². The number of benzene rings is 3. The second-order valence-electron chi connectivity index (χ2n) is 8.48. The molecule has 0 N–H and O–H groups in total. The standard InChI is InChI=1S/C26H21NO3/c28-25-23-19-7-8-20(14-19)24(23)26(29)27(25)21-9-11-22(12-10-21)30-15-16-5-6-17-3-1-2-4-18(17)13-16/h1-13,19-20,23-24H,14-15H2/t19-,20-,23-,24-/m0/s1.